The Hall–Kier alpha value is -0.728. The maximum Gasteiger partial charge on any atom is 3.00 e. The van der Waals surface area contributed by atoms with Crippen LogP contribution >= 0.6 is 0 Å². The van der Waals surface area contributed by atoms with E-state index in [2.05, 4.69) is 0 Å². The first-order valence-electron chi connectivity index (χ1n) is 1.52. The Balaban J connectivity index is -0.0000000720. The standard InChI is InChI=1S/C2H4O2.CH2O3.Al/c1-2(3)4;2-1(3)4;/h1H3,(H,3,4);(H2,2,3,4);/q;;+3/p-3. The quantitative estimate of drug-likeness (QED) is 0.323. The molecule has 0 unspecified atom stereocenters. The molecule has 0 spiro atoms. The minimum absolute atomic E-state index is 0. The van der Waals surface area contributed by atoms with Crippen molar-refractivity contribution in [2.45, 2.75) is 6.92 Å². The summed E-state index contributed by atoms with van der Waals surface area (Å²) in [5.74, 6) is -1.08. The topological polar surface area (TPSA) is 103 Å². The Labute approximate surface area is 62.1 Å². The molecule has 0 aliphatic carbocycles. The molecule has 0 aromatic heterocycles. The van der Waals surface area contributed by atoms with Gasteiger partial charge in [-0.25, -0.2) is 0 Å². The van der Waals surface area contributed by atoms with Crippen LogP contribution in [0.3, 0.4) is 0 Å². The zero-order valence-electron chi connectivity index (χ0n) is 4.62. The fraction of sp³-hybridized carbons (Fsp3) is 0.333. The molecule has 0 rings (SSSR count). The normalized spacial score (nSPS) is 5.44. The van der Waals surface area contributed by atoms with E-state index in [0.717, 1.165) is 6.92 Å². The van der Waals surface area contributed by atoms with Gasteiger partial charge in [-0.15, -0.1) is 0 Å². The van der Waals surface area contributed by atoms with Gasteiger partial charge in [0.05, 0.1) is 0 Å². The summed E-state index contributed by atoms with van der Waals surface area (Å²) in [5, 5.41) is 25.6. The molecule has 0 saturated carbocycles. The third-order valence-electron chi connectivity index (χ3n) is 0. The summed E-state index contributed by atoms with van der Waals surface area (Å²) >= 11 is 0. The Bertz CT molecular complexity index is 70.2. The van der Waals surface area contributed by atoms with E-state index in [1.165, 1.54) is 0 Å². The molecule has 0 aromatic rings. The van der Waals surface area contributed by atoms with E-state index in [1.807, 2.05) is 0 Å². The number of hydrogen-bond acceptors (Lipinski definition) is 5. The van der Waals surface area contributed by atoms with Gasteiger partial charge in [0.15, 0.2) is 0 Å². The van der Waals surface area contributed by atoms with Crippen LogP contribution < -0.4 is 15.3 Å². The molecule has 0 amide bonds. The van der Waals surface area contributed by atoms with Gasteiger partial charge in [-0.1, -0.05) is 0 Å². The zero-order chi connectivity index (χ0) is 7.15. The number of carbonyl (C=O) groups excluding carboxylic acids is 2. The summed E-state index contributed by atoms with van der Waals surface area (Å²) in [6.07, 6.45) is -2.33. The fourth-order valence-electron chi connectivity index (χ4n) is 0. The second kappa shape index (κ2) is 10.3. The SMILES string of the molecule is CC(=O)[O-].O=C([O-])[O-].[Al+3]. The first-order valence-corrected chi connectivity index (χ1v) is 1.52. The van der Waals surface area contributed by atoms with Gasteiger partial charge >= 0.3 is 17.4 Å². The van der Waals surface area contributed by atoms with Crippen molar-refractivity contribution >= 4 is 29.5 Å². The summed E-state index contributed by atoms with van der Waals surface area (Å²) < 4.78 is 0. The predicted octanol–water partition coefficient (Wildman–Crippen LogP) is -4.07. The molecular formula is C3H3AlO5. The summed E-state index contributed by atoms with van der Waals surface area (Å²) in [5.41, 5.74) is 0. The third kappa shape index (κ3) is 382. The third-order valence-corrected chi connectivity index (χ3v) is 0. The number of hydrogen-bond donors (Lipinski definition) is 0. The molecule has 0 aliphatic rings. The van der Waals surface area contributed by atoms with Crippen molar-refractivity contribution in [3.63, 3.8) is 0 Å². The van der Waals surface area contributed by atoms with Crippen LogP contribution in [0.1, 0.15) is 6.92 Å². The van der Waals surface area contributed by atoms with Crippen LogP contribution in [0.5, 0.6) is 0 Å². The molecule has 0 atom stereocenters. The molecular weight excluding hydrogens is 143 g/mol. The zero-order valence-corrected chi connectivity index (χ0v) is 5.77. The van der Waals surface area contributed by atoms with E-state index >= 15 is 0 Å². The van der Waals surface area contributed by atoms with Crippen molar-refractivity contribution in [2.75, 3.05) is 0 Å². The first-order chi connectivity index (χ1) is 3.46. The molecule has 0 heterocycles. The minimum atomic E-state index is -2.33. The number of carboxylic acids is 1. The Morgan fingerprint density at radius 3 is 1.11 bits per heavy atom. The average molecular weight is 146 g/mol. The van der Waals surface area contributed by atoms with Gasteiger partial charge in [-0.05, 0) is 13.1 Å². The van der Waals surface area contributed by atoms with Gasteiger partial charge in [-0.2, -0.15) is 0 Å². The molecule has 0 fully saturated rings. The van der Waals surface area contributed by atoms with Gasteiger partial charge in [-0.3, -0.25) is 0 Å². The first kappa shape index (κ1) is 15.7. The Morgan fingerprint density at radius 2 is 1.11 bits per heavy atom. The molecule has 48 valence electrons. The van der Waals surface area contributed by atoms with Crippen LogP contribution in [-0.4, -0.2) is 29.5 Å². The minimum Gasteiger partial charge on any atom is -0.652 e. The summed E-state index contributed by atoms with van der Waals surface area (Å²) in [6, 6.07) is 0. The van der Waals surface area contributed by atoms with Crippen molar-refractivity contribution in [1.82, 2.24) is 0 Å². The summed E-state index contributed by atoms with van der Waals surface area (Å²) in [6.45, 7) is 0.972. The van der Waals surface area contributed by atoms with E-state index in [-0.39, 0.29) is 17.4 Å². The van der Waals surface area contributed by atoms with Gasteiger partial charge in [0.2, 0.25) is 0 Å². The van der Waals surface area contributed by atoms with Crippen LogP contribution in [-0.2, 0) is 4.79 Å². The molecule has 0 radical (unpaired) electrons. The smallest absolute Gasteiger partial charge is 0.652 e. The molecule has 0 aliphatic heterocycles. The molecule has 9 heavy (non-hydrogen) atoms. The van der Waals surface area contributed by atoms with Crippen molar-refractivity contribution in [3.05, 3.63) is 0 Å². The number of rotatable bonds is 0. The van der Waals surface area contributed by atoms with Crippen molar-refractivity contribution in [2.24, 2.45) is 0 Å². The van der Waals surface area contributed by atoms with Gasteiger partial charge in [0, 0.05) is 5.97 Å². The molecule has 5 nitrogen and oxygen atoms in total. The van der Waals surface area contributed by atoms with Crippen LogP contribution in [0.25, 0.3) is 0 Å². The molecule has 0 N–H and O–H groups in total. The summed E-state index contributed by atoms with van der Waals surface area (Å²) in [7, 11) is 0. The van der Waals surface area contributed by atoms with Crippen LogP contribution in [0, 0.1) is 0 Å². The Kier molecular flexibility index (Phi) is 18.0. The maximum absolute atomic E-state index is 8.89. The van der Waals surface area contributed by atoms with Crippen LogP contribution in [0.15, 0.2) is 0 Å². The van der Waals surface area contributed by atoms with Gasteiger partial charge < -0.3 is 24.9 Å². The van der Waals surface area contributed by atoms with E-state index in [0.29, 0.717) is 0 Å². The molecule has 6 heteroatoms. The monoisotopic (exact) mass is 146 g/mol. The number of carboxylic acid groups (broad SMARTS) is 3. The van der Waals surface area contributed by atoms with E-state index < -0.39 is 12.1 Å². The van der Waals surface area contributed by atoms with Crippen LogP contribution in [0.2, 0.25) is 0 Å². The van der Waals surface area contributed by atoms with E-state index in [9.17, 15) is 0 Å². The van der Waals surface area contributed by atoms with Crippen molar-refractivity contribution in [3.8, 4) is 0 Å². The average Bonchev–Trinajstić information content (AvgIpc) is 1.25. The second-order valence-electron chi connectivity index (χ2n) is 0.742. The van der Waals surface area contributed by atoms with E-state index in [4.69, 9.17) is 24.9 Å². The molecule has 0 saturated heterocycles. The second-order valence-corrected chi connectivity index (χ2v) is 0.742. The number of carbonyl (C=O) groups is 2. The maximum atomic E-state index is 8.89. The van der Waals surface area contributed by atoms with Gasteiger partial charge in [0.1, 0.15) is 0 Å². The molecule has 0 bridgehead atoms. The van der Waals surface area contributed by atoms with Crippen LogP contribution in [0.4, 0.5) is 4.79 Å². The molecule has 0 aromatic carbocycles. The predicted molar refractivity (Wildman–Crippen MR) is 21.8 cm³/mol. The largest absolute Gasteiger partial charge is 3.00 e. The number of aliphatic carboxylic acids is 1. The Morgan fingerprint density at radius 1 is 1.11 bits per heavy atom. The van der Waals surface area contributed by atoms with Crippen molar-refractivity contribution in [1.29, 1.82) is 0 Å². The van der Waals surface area contributed by atoms with Crippen molar-refractivity contribution < 1.29 is 24.9 Å². The summed E-state index contributed by atoms with van der Waals surface area (Å²) in [4.78, 5) is 17.2. The van der Waals surface area contributed by atoms with E-state index in [1.54, 1.807) is 0 Å². The fourth-order valence-corrected chi connectivity index (χ4v) is 0. The van der Waals surface area contributed by atoms with Gasteiger partial charge in [0.25, 0.3) is 0 Å².